The maximum absolute atomic E-state index is 12.1. The summed E-state index contributed by atoms with van der Waals surface area (Å²) in [4.78, 5) is 29.7. The molecule has 0 unspecified atom stereocenters. The van der Waals surface area contributed by atoms with Crippen LogP contribution in [0.4, 0.5) is 0 Å². The number of carbonyl (C=O) groups excluding carboxylic acids is 2. The van der Waals surface area contributed by atoms with Crippen LogP contribution in [0.2, 0.25) is 0 Å². The number of hydrogen-bond acceptors (Lipinski definition) is 3. The lowest BCUT2D eigenvalue weighted by Gasteiger charge is -2.22. The Balaban J connectivity index is 1.69. The number of hydrogen-bond donors (Lipinski definition) is 3. The molecular weight excluding hydrogens is 354 g/mol. The zero-order valence-corrected chi connectivity index (χ0v) is 17.3. The molecule has 7 nitrogen and oxygen atoms in total. The van der Waals surface area contributed by atoms with E-state index in [1.807, 2.05) is 24.3 Å². The van der Waals surface area contributed by atoms with Gasteiger partial charge in [-0.25, -0.2) is 0 Å². The van der Waals surface area contributed by atoms with E-state index >= 15 is 0 Å². The quantitative estimate of drug-likeness (QED) is 0.493. The zero-order chi connectivity index (χ0) is 20.4. The molecule has 1 saturated carbocycles. The fraction of sp³-hybridized carbons (Fsp3) is 0.571. The number of nitrogens with one attached hydrogen (secondary N) is 3. The second kappa shape index (κ2) is 11.3. The van der Waals surface area contributed by atoms with Crippen molar-refractivity contribution in [3.05, 3.63) is 35.4 Å². The topological polar surface area (TPSA) is 85.8 Å². The van der Waals surface area contributed by atoms with Crippen LogP contribution in [0, 0.1) is 0 Å². The number of nitrogens with zero attached hydrogens (tertiary/aromatic N) is 2. The highest BCUT2D eigenvalue weighted by molar-refractivity contribution is 5.93. The highest BCUT2D eigenvalue weighted by Gasteiger charge is 2.15. The molecule has 1 fully saturated rings. The molecule has 0 aromatic heterocycles. The van der Waals surface area contributed by atoms with Crippen LogP contribution in [-0.4, -0.2) is 56.4 Å². The normalized spacial score (nSPS) is 15.0. The van der Waals surface area contributed by atoms with Crippen molar-refractivity contribution in [2.75, 3.05) is 27.7 Å². The fourth-order valence-electron chi connectivity index (χ4n) is 3.27. The monoisotopic (exact) mass is 387 g/mol. The first-order chi connectivity index (χ1) is 13.5. The van der Waals surface area contributed by atoms with Crippen LogP contribution >= 0.6 is 0 Å². The first-order valence-corrected chi connectivity index (χ1v) is 10.0. The van der Waals surface area contributed by atoms with Gasteiger partial charge in [-0.2, -0.15) is 0 Å². The highest BCUT2D eigenvalue weighted by atomic mass is 16.2. The second-order valence-corrected chi connectivity index (χ2v) is 7.40. The largest absolute Gasteiger partial charge is 0.356 e. The summed E-state index contributed by atoms with van der Waals surface area (Å²) in [6.45, 7) is 1.12. The molecule has 1 aliphatic rings. The van der Waals surface area contributed by atoms with Gasteiger partial charge in [0.1, 0.15) is 0 Å². The molecule has 0 heterocycles. The van der Waals surface area contributed by atoms with E-state index in [2.05, 4.69) is 20.9 Å². The van der Waals surface area contributed by atoms with Crippen LogP contribution in [0.3, 0.4) is 0 Å². The van der Waals surface area contributed by atoms with Crippen molar-refractivity contribution in [2.45, 2.75) is 51.1 Å². The first kappa shape index (κ1) is 21.7. The minimum Gasteiger partial charge on any atom is -0.356 e. The van der Waals surface area contributed by atoms with Gasteiger partial charge < -0.3 is 20.9 Å². The summed E-state index contributed by atoms with van der Waals surface area (Å²) in [5.41, 5.74) is 1.72. The predicted molar refractivity (Wildman–Crippen MR) is 112 cm³/mol. The molecule has 0 spiro atoms. The molecule has 1 aliphatic carbocycles. The molecular formula is C21H33N5O2. The Morgan fingerprint density at radius 1 is 1.07 bits per heavy atom. The lowest BCUT2D eigenvalue weighted by molar-refractivity contribution is -0.121. The van der Waals surface area contributed by atoms with Crippen LogP contribution < -0.4 is 16.0 Å². The summed E-state index contributed by atoms with van der Waals surface area (Å²) in [6.07, 6.45) is 6.33. The van der Waals surface area contributed by atoms with Crippen molar-refractivity contribution >= 4 is 17.8 Å². The first-order valence-electron chi connectivity index (χ1n) is 10.0. The molecule has 0 aliphatic heterocycles. The van der Waals surface area contributed by atoms with Gasteiger partial charge in [-0.1, -0.05) is 31.4 Å². The number of rotatable bonds is 7. The van der Waals surface area contributed by atoms with Crippen molar-refractivity contribution in [3.63, 3.8) is 0 Å². The van der Waals surface area contributed by atoms with E-state index in [0.29, 0.717) is 37.1 Å². The van der Waals surface area contributed by atoms with Crippen molar-refractivity contribution in [1.82, 2.24) is 20.9 Å². The van der Waals surface area contributed by atoms with Crippen LogP contribution in [0.1, 0.15) is 54.4 Å². The van der Waals surface area contributed by atoms with E-state index in [1.54, 1.807) is 26.0 Å². The Morgan fingerprint density at radius 2 is 1.75 bits per heavy atom. The van der Waals surface area contributed by atoms with Crippen LogP contribution in [0.5, 0.6) is 0 Å². The van der Waals surface area contributed by atoms with Crippen molar-refractivity contribution in [1.29, 1.82) is 0 Å². The molecule has 7 heteroatoms. The lowest BCUT2D eigenvalue weighted by atomic mass is 9.95. The zero-order valence-electron chi connectivity index (χ0n) is 17.3. The average molecular weight is 388 g/mol. The standard InChI is InChI=1S/C21H33N5O2/c1-22-21(23-14-13-19(27)25-18-7-5-4-6-8-18)24-15-16-9-11-17(12-10-16)20(28)26(2)3/h9-12,18H,4-8,13-15H2,1-3H3,(H,25,27)(H2,22,23,24). The fourth-order valence-corrected chi connectivity index (χ4v) is 3.27. The van der Waals surface area contributed by atoms with Gasteiger partial charge in [0, 0.05) is 52.3 Å². The number of guanidine groups is 1. The summed E-state index contributed by atoms with van der Waals surface area (Å²) in [5, 5.41) is 9.51. The third kappa shape index (κ3) is 7.21. The van der Waals surface area contributed by atoms with Gasteiger partial charge in [-0.05, 0) is 30.5 Å². The van der Waals surface area contributed by atoms with Crippen molar-refractivity contribution in [3.8, 4) is 0 Å². The molecule has 1 aromatic carbocycles. The van der Waals surface area contributed by atoms with Crippen LogP contribution in [0.25, 0.3) is 0 Å². The van der Waals surface area contributed by atoms with Crippen LogP contribution in [0.15, 0.2) is 29.3 Å². The average Bonchev–Trinajstić information content (AvgIpc) is 2.71. The third-order valence-corrected chi connectivity index (χ3v) is 4.91. The van der Waals surface area contributed by atoms with Gasteiger partial charge in [-0.3, -0.25) is 14.6 Å². The maximum Gasteiger partial charge on any atom is 0.253 e. The Hall–Kier alpha value is -2.57. The Labute approximate surface area is 168 Å². The minimum atomic E-state index is -0.0107. The summed E-state index contributed by atoms with van der Waals surface area (Å²) in [5.74, 6) is 0.735. The molecule has 2 amide bonds. The third-order valence-electron chi connectivity index (χ3n) is 4.91. The minimum absolute atomic E-state index is 0.0107. The van der Waals surface area contributed by atoms with E-state index in [0.717, 1.165) is 18.4 Å². The molecule has 0 atom stereocenters. The maximum atomic E-state index is 12.1. The smallest absolute Gasteiger partial charge is 0.253 e. The molecule has 2 rings (SSSR count). The summed E-state index contributed by atoms with van der Waals surface area (Å²) in [7, 11) is 5.18. The molecule has 1 aromatic rings. The number of carbonyl (C=O) groups is 2. The Kier molecular flexibility index (Phi) is 8.78. The number of benzene rings is 1. The van der Waals surface area contributed by atoms with Gasteiger partial charge in [0.05, 0.1) is 0 Å². The number of aliphatic imine (C=N–C) groups is 1. The SMILES string of the molecule is CN=C(NCCC(=O)NC1CCCCC1)NCc1ccc(C(=O)N(C)C)cc1. The van der Waals surface area contributed by atoms with E-state index < -0.39 is 0 Å². The van der Waals surface area contributed by atoms with Crippen LogP contribution in [-0.2, 0) is 11.3 Å². The van der Waals surface area contributed by atoms with E-state index in [-0.39, 0.29) is 11.8 Å². The van der Waals surface area contributed by atoms with Crippen molar-refractivity contribution in [2.24, 2.45) is 4.99 Å². The summed E-state index contributed by atoms with van der Waals surface area (Å²) in [6, 6.07) is 7.85. The number of amides is 2. The summed E-state index contributed by atoms with van der Waals surface area (Å²) < 4.78 is 0. The van der Waals surface area contributed by atoms with Gasteiger partial charge in [-0.15, -0.1) is 0 Å². The van der Waals surface area contributed by atoms with Gasteiger partial charge in [0.25, 0.3) is 5.91 Å². The predicted octanol–water partition coefficient (Wildman–Crippen LogP) is 1.89. The molecule has 3 N–H and O–H groups in total. The van der Waals surface area contributed by atoms with Gasteiger partial charge >= 0.3 is 0 Å². The van der Waals surface area contributed by atoms with E-state index in [1.165, 1.54) is 19.3 Å². The van der Waals surface area contributed by atoms with E-state index in [4.69, 9.17) is 0 Å². The molecule has 0 bridgehead atoms. The summed E-state index contributed by atoms with van der Waals surface area (Å²) >= 11 is 0. The lowest BCUT2D eigenvalue weighted by Crippen LogP contribution is -2.41. The molecule has 0 radical (unpaired) electrons. The molecule has 0 saturated heterocycles. The Bertz CT molecular complexity index is 664. The van der Waals surface area contributed by atoms with E-state index in [9.17, 15) is 9.59 Å². The molecule has 28 heavy (non-hydrogen) atoms. The van der Waals surface area contributed by atoms with Gasteiger partial charge in [0.15, 0.2) is 5.96 Å². The van der Waals surface area contributed by atoms with Gasteiger partial charge in [0.2, 0.25) is 5.91 Å². The Morgan fingerprint density at radius 3 is 2.36 bits per heavy atom. The van der Waals surface area contributed by atoms with Crippen molar-refractivity contribution < 1.29 is 9.59 Å². The molecule has 154 valence electrons. The second-order valence-electron chi connectivity index (χ2n) is 7.40. The highest BCUT2D eigenvalue weighted by Crippen LogP contribution is 2.17.